The summed E-state index contributed by atoms with van der Waals surface area (Å²) in [7, 11) is 0. The lowest BCUT2D eigenvalue weighted by molar-refractivity contribution is -0.142. The topological polar surface area (TPSA) is 244 Å². The maximum absolute atomic E-state index is 13.4. The van der Waals surface area contributed by atoms with Crippen molar-refractivity contribution in [2.45, 2.75) is 56.3 Å². The second-order valence-electron chi connectivity index (χ2n) is 9.33. The number of aliphatic imine (C=N–C) groups is 1. The molecule has 3 amide bonds. The zero-order valence-electron chi connectivity index (χ0n) is 22.9. The summed E-state index contributed by atoms with van der Waals surface area (Å²) in [5.41, 5.74) is 18.1. The van der Waals surface area contributed by atoms with Crippen LogP contribution >= 0.6 is 11.8 Å². The van der Waals surface area contributed by atoms with Crippen LogP contribution in [0.1, 0.15) is 30.5 Å². The van der Waals surface area contributed by atoms with Gasteiger partial charge in [0.05, 0.1) is 12.4 Å². The van der Waals surface area contributed by atoms with Crippen molar-refractivity contribution >= 4 is 41.4 Å². The number of benzene rings is 1. The highest BCUT2D eigenvalue weighted by Gasteiger charge is 2.30. The third kappa shape index (κ3) is 12.3. The largest absolute Gasteiger partial charge is 0.480 e. The van der Waals surface area contributed by atoms with Crippen molar-refractivity contribution < 1.29 is 24.3 Å². The summed E-state index contributed by atoms with van der Waals surface area (Å²) < 4.78 is 0. The molecule has 4 atom stereocenters. The number of hydrogen-bond acceptors (Lipinski definition) is 8. The molecule has 1 aromatic carbocycles. The number of carboxylic acid groups (broad SMARTS) is 1. The number of carbonyl (C=O) groups excluding carboxylic acids is 3. The van der Waals surface area contributed by atoms with Crippen molar-refractivity contribution in [3.63, 3.8) is 0 Å². The molecule has 0 fully saturated rings. The van der Waals surface area contributed by atoms with E-state index in [4.69, 9.17) is 17.2 Å². The van der Waals surface area contributed by atoms with Crippen molar-refractivity contribution in [3.8, 4) is 0 Å². The van der Waals surface area contributed by atoms with Gasteiger partial charge in [0.1, 0.15) is 18.1 Å². The van der Waals surface area contributed by atoms with E-state index < -0.39 is 47.9 Å². The standard InChI is InChI=1S/C26H39N9O5S/c1-41-11-9-18(27)22(36)34-20(13-17-14-30-15-32-17)24(38)33-19(8-5-10-31-26(28)29)23(37)35-21(25(39)40)12-16-6-3-2-4-7-16/h2-4,6-7,14-15,18-21H,5,8-13,27H2,1H3,(H,30,32)(H,33,38)(H,34,36)(H,35,37)(H,39,40)(H4,28,29,31). The molecule has 15 heteroatoms. The second-order valence-corrected chi connectivity index (χ2v) is 10.3. The summed E-state index contributed by atoms with van der Waals surface area (Å²) in [5.74, 6) is -2.55. The predicted octanol–water partition coefficient (Wildman–Crippen LogP) is -1.13. The molecule has 2 rings (SSSR count). The number of H-pyrrole nitrogens is 1. The van der Waals surface area contributed by atoms with Crippen LogP contribution in [0.2, 0.25) is 0 Å². The molecule has 0 aliphatic rings. The molecule has 4 unspecified atom stereocenters. The minimum atomic E-state index is -1.24. The van der Waals surface area contributed by atoms with Crippen LogP contribution in [0.4, 0.5) is 0 Å². The van der Waals surface area contributed by atoms with Gasteiger partial charge in [0, 0.05) is 31.3 Å². The zero-order chi connectivity index (χ0) is 30.2. The van der Waals surface area contributed by atoms with Gasteiger partial charge < -0.3 is 43.2 Å². The molecule has 0 aliphatic carbocycles. The van der Waals surface area contributed by atoms with E-state index in [0.29, 0.717) is 29.9 Å². The van der Waals surface area contributed by atoms with Crippen molar-refractivity contribution in [2.24, 2.45) is 22.2 Å². The van der Waals surface area contributed by atoms with E-state index in [1.54, 1.807) is 42.1 Å². The molecule has 11 N–H and O–H groups in total. The van der Waals surface area contributed by atoms with Gasteiger partial charge in [-0.05, 0) is 36.8 Å². The number of nitrogens with two attached hydrogens (primary N) is 3. The van der Waals surface area contributed by atoms with Crippen molar-refractivity contribution in [1.29, 1.82) is 0 Å². The molecular weight excluding hydrogens is 550 g/mol. The summed E-state index contributed by atoms with van der Waals surface area (Å²) in [4.78, 5) is 62.2. The first-order chi connectivity index (χ1) is 19.6. The van der Waals surface area contributed by atoms with E-state index in [9.17, 15) is 24.3 Å². The quantitative estimate of drug-likeness (QED) is 0.0590. The molecule has 0 radical (unpaired) electrons. The van der Waals surface area contributed by atoms with Crippen molar-refractivity contribution in [3.05, 3.63) is 54.1 Å². The second kappa shape index (κ2) is 17.6. The fourth-order valence-electron chi connectivity index (χ4n) is 3.85. The summed E-state index contributed by atoms with van der Waals surface area (Å²) >= 11 is 1.54. The lowest BCUT2D eigenvalue weighted by Gasteiger charge is -2.25. The number of carboxylic acids is 1. The van der Waals surface area contributed by atoms with Gasteiger partial charge in [-0.1, -0.05) is 30.3 Å². The minimum absolute atomic E-state index is 0.0447. The third-order valence-corrected chi connectivity index (χ3v) is 6.70. The Hall–Kier alpha value is -4.11. The number of nitrogens with zero attached hydrogens (tertiary/aromatic N) is 2. The Morgan fingerprint density at radius 3 is 2.24 bits per heavy atom. The van der Waals surface area contributed by atoms with E-state index in [0.717, 1.165) is 0 Å². The molecule has 0 bridgehead atoms. The first-order valence-electron chi connectivity index (χ1n) is 13.1. The van der Waals surface area contributed by atoms with E-state index in [-0.39, 0.29) is 31.8 Å². The fraction of sp³-hybridized carbons (Fsp3) is 0.462. The number of thioether (sulfide) groups is 1. The van der Waals surface area contributed by atoms with Gasteiger partial charge >= 0.3 is 5.97 Å². The van der Waals surface area contributed by atoms with E-state index >= 15 is 0 Å². The molecule has 0 saturated heterocycles. The molecule has 14 nitrogen and oxygen atoms in total. The number of nitrogens with one attached hydrogen (secondary N) is 4. The van der Waals surface area contributed by atoms with Crippen LogP contribution in [0.25, 0.3) is 0 Å². The average molecular weight is 590 g/mol. The maximum atomic E-state index is 13.4. The normalized spacial score (nSPS) is 13.7. The van der Waals surface area contributed by atoms with Crippen LogP contribution in [0.3, 0.4) is 0 Å². The first kappa shape index (κ1) is 33.1. The Morgan fingerprint density at radius 1 is 0.976 bits per heavy atom. The SMILES string of the molecule is CSCCC(N)C(=O)NC(Cc1cnc[nH]1)C(=O)NC(CCCN=C(N)N)C(=O)NC(Cc1ccccc1)C(=O)O. The lowest BCUT2D eigenvalue weighted by atomic mass is 10.0. The van der Waals surface area contributed by atoms with Gasteiger partial charge in [-0.2, -0.15) is 11.8 Å². The highest BCUT2D eigenvalue weighted by atomic mass is 32.2. The van der Waals surface area contributed by atoms with Gasteiger partial charge in [0.25, 0.3) is 0 Å². The molecule has 0 aliphatic heterocycles. The number of aliphatic carboxylic acids is 1. The fourth-order valence-corrected chi connectivity index (χ4v) is 4.34. The molecule has 1 aromatic heterocycles. The number of aromatic nitrogens is 2. The van der Waals surface area contributed by atoms with Gasteiger partial charge in [-0.15, -0.1) is 0 Å². The van der Waals surface area contributed by atoms with Crippen molar-refractivity contribution in [1.82, 2.24) is 25.9 Å². The van der Waals surface area contributed by atoms with Gasteiger partial charge in [0.2, 0.25) is 17.7 Å². The van der Waals surface area contributed by atoms with E-state index in [1.165, 1.54) is 12.5 Å². The van der Waals surface area contributed by atoms with E-state index in [2.05, 4.69) is 30.9 Å². The Labute approximate surface area is 242 Å². The highest BCUT2D eigenvalue weighted by Crippen LogP contribution is 2.08. The summed E-state index contributed by atoms with van der Waals surface area (Å²) in [6.45, 7) is 0.187. The first-order valence-corrected chi connectivity index (χ1v) is 14.4. The minimum Gasteiger partial charge on any atom is -0.480 e. The maximum Gasteiger partial charge on any atom is 0.326 e. The number of hydrogen-bond donors (Lipinski definition) is 8. The molecule has 224 valence electrons. The van der Waals surface area contributed by atoms with Crippen LogP contribution in [-0.4, -0.2) is 87.4 Å². The predicted molar refractivity (Wildman–Crippen MR) is 157 cm³/mol. The molecule has 0 spiro atoms. The Kier molecular flexibility index (Phi) is 14.2. The summed E-state index contributed by atoms with van der Waals surface area (Å²) in [6.07, 6.45) is 5.78. The van der Waals surface area contributed by atoms with Crippen LogP contribution in [0, 0.1) is 0 Å². The Morgan fingerprint density at radius 2 is 1.63 bits per heavy atom. The number of guanidine groups is 1. The van der Waals surface area contributed by atoms with Crippen LogP contribution in [0.15, 0.2) is 47.8 Å². The lowest BCUT2D eigenvalue weighted by Crippen LogP contribution is -2.57. The van der Waals surface area contributed by atoms with E-state index in [1.807, 2.05) is 6.26 Å². The average Bonchev–Trinajstić information content (AvgIpc) is 3.46. The number of amides is 3. The molecule has 1 heterocycles. The van der Waals surface area contributed by atoms with Gasteiger partial charge in [-0.3, -0.25) is 19.4 Å². The molecule has 2 aromatic rings. The number of carbonyl (C=O) groups is 4. The third-order valence-electron chi connectivity index (χ3n) is 6.06. The van der Waals surface area contributed by atoms with Gasteiger partial charge in [-0.25, -0.2) is 9.78 Å². The van der Waals surface area contributed by atoms with Crippen LogP contribution < -0.4 is 33.2 Å². The summed E-state index contributed by atoms with van der Waals surface area (Å²) in [6, 6.07) is 4.55. The van der Waals surface area contributed by atoms with Crippen LogP contribution in [0.5, 0.6) is 0 Å². The highest BCUT2D eigenvalue weighted by molar-refractivity contribution is 7.98. The van der Waals surface area contributed by atoms with Gasteiger partial charge in [0.15, 0.2) is 5.96 Å². The summed E-state index contributed by atoms with van der Waals surface area (Å²) in [5, 5.41) is 17.6. The number of aromatic amines is 1. The number of rotatable bonds is 18. The zero-order valence-corrected chi connectivity index (χ0v) is 23.7. The van der Waals surface area contributed by atoms with Crippen LogP contribution in [-0.2, 0) is 32.0 Å². The Bertz CT molecular complexity index is 1140. The van der Waals surface area contributed by atoms with Crippen molar-refractivity contribution in [2.75, 3.05) is 18.6 Å². The monoisotopic (exact) mass is 589 g/mol. The number of imidazole rings is 1. The smallest absolute Gasteiger partial charge is 0.326 e. The molecule has 0 saturated carbocycles. The Balaban J connectivity index is 2.21. The molecule has 41 heavy (non-hydrogen) atoms. The molecular formula is C26H39N9O5S.